The van der Waals surface area contributed by atoms with Gasteiger partial charge in [-0.2, -0.15) is 8.78 Å². The lowest BCUT2D eigenvalue weighted by atomic mass is 10.1. The summed E-state index contributed by atoms with van der Waals surface area (Å²) in [5.41, 5.74) is -0.502. The number of hydrogen-bond donors (Lipinski definition) is 1. The number of rotatable bonds is 3. The van der Waals surface area contributed by atoms with Crippen molar-refractivity contribution in [2.75, 3.05) is 7.11 Å². The summed E-state index contributed by atoms with van der Waals surface area (Å²) in [6, 6.07) is 2.93. The first kappa shape index (κ1) is 12.8. The van der Waals surface area contributed by atoms with Crippen LogP contribution < -0.4 is 5.48 Å². The predicted molar refractivity (Wildman–Crippen MR) is 52.5 cm³/mol. The number of quaternary nitrogens is 1. The second-order valence-corrected chi connectivity index (χ2v) is 3.43. The third kappa shape index (κ3) is 2.88. The number of ether oxygens (including phenoxy) is 1. The number of alkyl halides is 3. The van der Waals surface area contributed by atoms with Crippen molar-refractivity contribution in [3.63, 3.8) is 0 Å². The molecule has 0 heterocycles. The Hall–Kier alpha value is -1.24. The lowest BCUT2D eigenvalue weighted by Crippen LogP contribution is -2.70. The minimum absolute atomic E-state index is 0.0711. The van der Waals surface area contributed by atoms with Gasteiger partial charge in [0.05, 0.1) is 12.7 Å². The Balaban J connectivity index is 3.27. The Morgan fingerprint density at radius 1 is 1.50 bits per heavy atom. The average molecular weight is 252 g/mol. The van der Waals surface area contributed by atoms with E-state index >= 15 is 0 Å². The van der Waals surface area contributed by atoms with Gasteiger partial charge in [0.2, 0.25) is 0 Å². The molecule has 0 bridgehead atoms. The molecule has 0 aliphatic carbocycles. The van der Waals surface area contributed by atoms with Crippen molar-refractivity contribution in [1.29, 1.82) is 0 Å². The summed E-state index contributed by atoms with van der Waals surface area (Å²) in [4.78, 5) is 11.1. The molecule has 0 saturated carbocycles. The number of carbonyl (C=O) groups is 1. The highest BCUT2D eigenvalue weighted by molar-refractivity contribution is 6.21. The van der Waals surface area contributed by atoms with Gasteiger partial charge in [-0.1, -0.05) is 0 Å². The van der Waals surface area contributed by atoms with E-state index in [1.165, 1.54) is 0 Å². The molecular weight excluding hydrogens is 244 g/mol. The number of nitrogens with two attached hydrogens (primary N) is 1. The van der Waals surface area contributed by atoms with E-state index in [0.29, 0.717) is 5.48 Å². The van der Waals surface area contributed by atoms with Gasteiger partial charge in [0.25, 0.3) is 0 Å². The predicted octanol–water partition coefficient (Wildman–Crippen LogP) is 1.45. The molecule has 1 rings (SSSR count). The molecule has 0 saturated heterocycles. The van der Waals surface area contributed by atoms with Crippen LogP contribution in [0.15, 0.2) is 18.2 Å². The van der Waals surface area contributed by atoms with Crippen LogP contribution in [-0.2, 0) is 10.1 Å². The fourth-order valence-corrected chi connectivity index (χ4v) is 1.23. The van der Waals surface area contributed by atoms with Crippen molar-refractivity contribution in [3.8, 4) is 0 Å². The Bertz CT molecular complexity index is 406. The maximum Gasteiger partial charge on any atom is 0.348 e. The molecule has 4 nitrogen and oxygen atoms in total. The molecular formula is C9H8ClF2NO3. The molecule has 0 fully saturated rings. The number of hydrogen-bond acceptors (Lipinski definition) is 3. The van der Waals surface area contributed by atoms with Crippen molar-refractivity contribution in [2.45, 2.75) is 5.38 Å². The van der Waals surface area contributed by atoms with E-state index in [2.05, 4.69) is 4.74 Å². The molecule has 0 amide bonds. The molecule has 0 atom stereocenters. The van der Waals surface area contributed by atoms with Crippen LogP contribution in [0.5, 0.6) is 0 Å². The fraction of sp³-hybridized carbons (Fsp3) is 0.222. The van der Waals surface area contributed by atoms with Crippen molar-refractivity contribution in [3.05, 3.63) is 34.5 Å². The zero-order valence-electron chi connectivity index (χ0n) is 8.17. The van der Waals surface area contributed by atoms with Gasteiger partial charge in [0, 0.05) is 17.7 Å². The smallest absolute Gasteiger partial charge is 0.348 e. The summed E-state index contributed by atoms with van der Waals surface area (Å²) in [6.07, 6.45) is 0. The van der Waals surface area contributed by atoms with Gasteiger partial charge in [-0.15, -0.1) is 0 Å². The number of methoxy groups -OCH3 is 1. The average Bonchev–Trinajstić information content (AvgIpc) is 2.26. The number of halogens is 3. The monoisotopic (exact) mass is 251 g/mol. The first-order chi connectivity index (χ1) is 7.38. The fourth-order valence-electron chi connectivity index (χ4n) is 1.12. The van der Waals surface area contributed by atoms with Gasteiger partial charge >= 0.3 is 11.4 Å². The molecule has 0 unspecified atom stereocenters. The Labute approximate surface area is 94.7 Å². The van der Waals surface area contributed by atoms with E-state index in [1.807, 2.05) is 0 Å². The van der Waals surface area contributed by atoms with Crippen molar-refractivity contribution >= 4 is 23.3 Å². The minimum atomic E-state index is -3.64. The summed E-state index contributed by atoms with van der Waals surface area (Å²) in [7, 11) is 1.11. The molecule has 0 aromatic heterocycles. The Morgan fingerprint density at radius 2 is 2.12 bits per heavy atom. The van der Waals surface area contributed by atoms with Gasteiger partial charge in [-0.3, -0.25) is 0 Å². The molecule has 1 aromatic rings. The summed E-state index contributed by atoms with van der Waals surface area (Å²) in [5, 5.41) is 6.87. The van der Waals surface area contributed by atoms with Crippen LogP contribution in [0.1, 0.15) is 15.9 Å². The molecule has 2 N–H and O–H groups in total. The highest BCUT2D eigenvalue weighted by Gasteiger charge is 2.29. The van der Waals surface area contributed by atoms with E-state index in [-0.39, 0.29) is 11.3 Å². The first-order valence-electron chi connectivity index (χ1n) is 4.14. The molecule has 0 radical (unpaired) electrons. The summed E-state index contributed by atoms with van der Waals surface area (Å²) in [6.45, 7) is 0. The van der Waals surface area contributed by atoms with Crippen LogP contribution in [0.4, 0.5) is 14.5 Å². The van der Waals surface area contributed by atoms with Gasteiger partial charge in [-0.05, 0) is 17.7 Å². The SMILES string of the molecule is COC(=O)c1cc([NH2+][O-])cc(C(F)(F)Cl)c1. The third-order valence-electron chi connectivity index (χ3n) is 1.84. The van der Waals surface area contributed by atoms with Crippen molar-refractivity contribution in [1.82, 2.24) is 0 Å². The molecule has 0 spiro atoms. The minimum Gasteiger partial charge on any atom is -0.630 e. The number of carbonyl (C=O) groups excluding carboxylic acids is 1. The molecule has 1 aromatic carbocycles. The molecule has 16 heavy (non-hydrogen) atoms. The van der Waals surface area contributed by atoms with Crippen LogP contribution in [0, 0.1) is 5.21 Å². The van der Waals surface area contributed by atoms with Gasteiger partial charge in [0.15, 0.2) is 0 Å². The zero-order chi connectivity index (χ0) is 12.3. The van der Waals surface area contributed by atoms with Gasteiger partial charge in [-0.25, -0.2) is 4.79 Å². The molecule has 88 valence electrons. The highest BCUT2D eigenvalue weighted by atomic mass is 35.5. The van der Waals surface area contributed by atoms with Crippen LogP contribution in [-0.4, -0.2) is 13.1 Å². The zero-order valence-corrected chi connectivity index (χ0v) is 8.92. The normalized spacial score (nSPS) is 11.3. The van der Waals surface area contributed by atoms with E-state index < -0.39 is 16.9 Å². The largest absolute Gasteiger partial charge is 0.630 e. The van der Waals surface area contributed by atoms with E-state index in [4.69, 9.17) is 11.6 Å². The first-order valence-corrected chi connectivity index (χ1v) is 4.52. The van der Waals surface area contributed by atoms with Crippen molar-refractivity contribution < 1.29 is 23.8 Å². The van der Waals surface area contributed by atoms with Crippen LogP contribution in [0.3, 0.4) is 0 Å². The van der Waals surface area contributed by atoms with E-state index in [9.17, 15) is 18.8 Å². The van der Waals surface area contributed by atoms with E-state index in [0.717, 1.165) is 25.3 Å². The molecule has 0 aliphatic heterocycles. The van der Waals surface area contributed by atoms with Gasteiger partial charge < -0.3 is 15.4 Å². The quantitative estimate of drug-likeness (QED) is 0.383. The highest BCUT2D eigenvalue weighted by Crippen LogP contribution is 2.33. The van der Waals surface area contributed by atoms with E-state index in [1.54, 1.807) is 0 Å². The Kier molecular flexibility index (Phi) is 3.79. The third-order valence-corrected chi connectivity index (χ3v) is 2.06. The lowest BCUT2D eigenvalue weighted by Gasteiger charge is -2.11. The topological polar surface area (TPSA) is 66.0 Å². The summed E-state index contributed by atoms with van der Waals surface area (Å²) in [5.74, 6) is -0.814. The molecule has 0 aliphatic rings. The van der Waals surface area contributed by atoms with Crippen LogP contribution in [0.25, 0.3) is 0 Å². The maximum absolute atomic E-state index is 12.8. The van der Waals surface area contributed by atoms with Gasteiger partial charge in [0.1, 0.15) is 5.69 Å². The van der Waals surface area contributed by atoms with Crippen molar-refractivity contribution in [2.24, 2.45) is 0 Å². The van der Waals surface area contributed by atoms with Crippen LogP contribution in [0.2, 0.25) is 0 Å². The second kappa shape index (κ2) is 4.73. The summed E-state index contributed by atoms with van der Waals surface area (Å²) >= 11 is 4.81. The maximum atomic E-state index is 12.8. The number of benzene rings is 1. The second-order valence-electron chi connectivity index (χ2n) is 2.95. The Morgan fingerprint density at radius 3 is 2.56 bits per heavy atom. The van der Waals surface area contributed by atoms with Crippen LogP contribution >= 0.6 is 11.6 Å². The number of esters is 1. The lowest BCUT2D eigenvalue weighted by molar-refractivity contribution is -0.497. The summed E-state index contributed by atoms with van der Waals surface area (Å²) < 4.78 is 30.0. The molecule has 7 heteroatoms. The standard InChI is InChI=1S/C9H8ClF2NO3/c1-16-8(14)5-2-6(9(10,11)12)4-7(3-5)13-15/h2-4H,13H2,1H3.